The Balaban J connectivity index is 1.30. The fourth-order valence-corrected chi connectivity index (χ4v) is 4.14. The Kier molecular flexibility index (Phi) is 6.04. The highest BCUT2D eigenvalue weighted by atomic mass is 19.1. The van der Waals surface area contributed by atoms with Crippen LogP contribution in [0.3, 0.4) is 0 Å². The van der Waals surface area contributed by atoms with Gasteiger partial charge in [-0.2, -0.15) is 0 Å². The van der Waals surface area contributed by atoms with Crippen molar-refractivity contribution in [1.29, 1.82) is 0 Å². The number of hydrogen-bond donors (Lipinski definition) is 1. The molecule has 0 bridgehead atoms. The van der Waals surface area contributed by atoms with E-state index in [-0.39, 0.29) is 11.7 Å². The summed E-state index contributed by atoms with van der Waals surface area (Å²) in [6.07, 6.45) is 0.0401. The lowest BCUT2D eigenvalue weighted by Crippen LogP contribution is -2.26. The number of carbonyl (C=O) groups excluding carboxylic acids is 1. The molecule has 1 N–H and O–H groups in total. The molecule has 0 saturated heterocycles. The first-order chi connectivity index (χ1) is 15.0. The Hall–Kier alpha value is -3.58. The Labute approximate surface area is 182 Å². The highest BCUT2D eigenvalue weighted by molar-refractivity contribution is 5.79. The first-order valence-corrected chi connectivity index (χ1v) is 10.4. The minimum atomic E-state index is -0.446. The van der Waals surface area contributed by atoms with Gasteiger partial charge in [-0.25, -0.2) is 9.18 Å². The molecule has 3 aromatic rings. The number of fused-ring (bicyclic) bond motifs is 3. The van der Waals surface area contributed by atoms with Crippen LogP contribution in [-0.2, 0) is 4.74 Å². The topological polar surface area (TPSA) is 38.3 Å². The van der Waals surface area contributed by atoms with E-state index in [2.05, 4.69) is 41.4 Å². The number of amides is 1. The van der Waals surface area contributed by atoms with E-state index in [9.17, 15) is 9.18 Å². The molecule has 0 saturated carbocycles. The summed E-state index contributed by atoms with van der Waals surface area (Å²) in [7, 11) is 0. The highest BCUT2D eigenvalue weighted by Gasteiger charge is 2.28. The number of rotatable bonds is 4. The van der Waals surface area contributed by atoms with E-state index in [1.807, 2.05) is 38.1 Å². The molecule has 1 amide bonds. The standard InChI is InChI=1S/C27H24FNO2/c1-18-15-20(28)16-19(2)21(18)9-7-8-14-29-27(30)31-17-26-24-12-5-3-10-22(24)23-11-4-6-13-25(23)26/h3-6,10-13,15-16,26H,8,14,17H2,1-2H3,(H,29,30). The molecule has 4 heteroatoms. The molecule has 0 radical (unpaired) electrons. The molecule has 1 aliphatic carbocycles. The average molecular weight is 413 g/mol. The van der Waals surface area contributed by atoms with Gasteiger partial charge in [-0.3, -0.25) is 0 Å². The first kappa shape index (κ1) is 20.7. The molecule has 3 aromatic carbocycles. The van der Waals surface area contributed by atoms with Crippen molar-refractivity contribution in [2.75, 3.05) is 13.2 Å². The fourth-order valence-electron chi connectivity index (χ4n) is 4.14. The van der Waals surface area contributed by atoms with E-state index >= 15 is 0 Å². The van der Waals surface area contributed by atoms with Crippen LogP contribution in [0.25, 0.3) is 11.1 Å². The van der Waals surface area contributed by atoms with Gasteiger partial charge in [0.05, 0.1) is 0 Å². The quantitative estimate of drug-likeness (QED) is 0.439. The summed E-state index contributed by atoms with van der Waals surface area (Å²) in [5.41, 5.74) is 7.24. The van der Waals surface area contributed by atoms with Crippen LogP contribution in [0.4, 0.5) is 9.18 Å². The van der Waals surface area contributed by atoms with Gasteiger partial charge in [-0.15, -0.1) is 0 Å². The molecule has 0 atom stereocenters. The number of carbonyl (C=O) groups is 1. The first-order valence-electron chi connectivity index (χ1n) is 10.4. The Morgan fingerprint density at radius 1 is 1.00 bits per heavy atom. The Bertz CT molecular complexity index is 1120. The van der Waals surface area contributed by atoms with E-state index in [4.69, 9.17) is 4.74 Å². The summed E-state index contributed by atoms with van der Waals surface area (Å²) >= 11 is 0. The predicted octanol–water partition coefficient (Wildman–Crippen LogP) is 5.72. The molecule has 0 unspecified atom stereocenters. The number of benzene rings is 3. The minimum absolute atomic E-state index is 0.0439. The third-order valence-electron chi connectivity index (χ3n) is 5.57. The van der Waals surface area contributed by atoms with Gasteiger partial charge in [0.2, 0.25) is 0 Å². The van der Waals surface area contributed by atoms with E-state index < -0.39 is 6.09 Å². The van der Waals surface area contributed by atoms with Crippen LogP contribution in [-0.4, -0.2) is 19.2 Å². The zero-order valence-corrected chi connectivity index (χ0v) is 17.7. The maximum Gasteiger partial charge on any atom is 0.407 e. The van der Waals surface area contributed by atoms with Crippen LogP contribution in [0.15, 0.2) is 60.7 Å². The SMILES string of the molecule is Cc1cc(F)cc(C)c1C#CCCNC(=O)OCC1c2ccccc2-c2ccccc21. The van der Waals surface area contributed by atoms with Crippen molar-refractivity contribution in [3.05, 3.63) is 94.3 Å². The van der Waals surface area contributed by atoms with Gasteiger partial charge < -0.3 is 10.1 Å². The fraction of sp³-hybridized carbons (Fsp3) is 0.222. The monoisotopic (exact) mass is 413 g/mol. The van der Waals surface area contributed by atoms with Crippen molar-refractivity contribution in [2.45, 2.75) is 26.2 Å². The number of alkyl carbamates (subject to hydrolysis) is 1. The second kappa shape index (κ2) is 9.06. The largest absolute Gasteiger partial charge is 0.449 e. The van der Waals surface area contributed by atoms with Gasteiger partial charge in [0.1, 0.15) is 12.4 Å². The van der Waals surface area contributed by atoms with Crippen molar-refractivity contribution in [3.8, 4) is 23.0 Å². The van der Waals surface area contributed by atoms with Crippen molar-refractivity contribution in [3.63, 3.8) is 0 Å². The van der Waals surface area contributed by atoms with Crippen molar-refractivity contribution in [2.24, 2.45) is 0 Å². The smallest absolute Gasteiger partial charge is 0.407 e. The van der Waals surface area contributed by atoms with E-state index in [0.717, 1.165) is 16.7 Å². The maximum atomic E-state index is 13.4. The third kappa shape index (κ3) is 4.46. The molecule has 0 aliphatic heterocycles. The summed E-state index contributed by atoms with van der Waals surface area (Å²) in [5.74, 6) is 5.90. The van der Waals surface area contributed by atoms with Crippen LogP contribution in [0.2, 0.25) is 0 Å². The lowest BCUT2D eigenvalue weighted by molar-refractivity contribution is 0.143. The summed E-state index contributed by atoms with van der Waals surface area (Å²) in [6, 6.07) is 19.4. The molecule has 1 aliphatic rings. The minimum Gasteiger partial charge on any atom is -0.449 e. The van der Waals surface area contributed by atoms with Gasteiger partial charge >= 0.3 is 6.09 Å². The number of hydrogen-bond acceptors (Lipinski definition) is 2. The van der Waals surface area contributed by atoms with Crippen LogP contribution in [0, 0.1) is 31.5 Å². The molecular formula is C27H24FNO2. The van der Waals surface area contributed by atoms with Crippen LogP contribution in [0.5, 0.6) is 0 Å². The molecule has 4 rings (SSSR count). The van der Waals surface area contributed by atoms with Crippen molar-refractivity contribution >= 4 is 6.09 Å². The average Bonchev–Trinajstić information content (AvgIpc) is 3.07. The van der Waals surface area contributed by atoms with Crippen LogP contribution >= 0.6 is 0 Å². The van der Waals surface area contributed by atoms with Crippen molar-refractivity contribution < 1.29 is 13.9 Å². The molecule has 156 valence electrons. The number of ether oxygens (including phenoxy) is 1. The number of nitrogens with one attached hydrogen (secondary N) is 1. The summed E-state index contributed by atoms with van der Waals surface area (Å²) in [4.78, 5) is 12.2. The molecule has 3 nitrogen and oxygen atoms in total. The maximum absolute atomic E-state index is 13.4. The normalized spacial score (nSPS) is 11.8. The lowest BCUT2D eigenvalue weighted by Gasteiger charge is -2.14. The van der Waals surface area contributed by atoms with Gasteiger partial charge in [-0.05, 0) is 59.4 Å². The second-order valence-corrected chi connectivity index (χ2v) is 7.72. The van der Waals surface area contributed by atoms with Gasteiger partial charge in [0.15, 0.2) is 0 Å². The molecule has 31 heavy (non-hydrogen) atoms. The molecule has 0 heterocycles. The molecule has 0 fully saturated rings. The van der Waals surface area contributed by atoms with E-state index in [1.54, 1.807) is 0 Å². The Morgan fingerprint density at radius 2 is 1.58 bits per heavy atom. The predicted molar refractivity (Wildman–Crippen MR) is 120 cm³/mol. The summed E-state index contributed by atoms with van der Waals surface area (Å²) in [6.45, 7) is 4.37. The summed E-state index contributed by atoms with van der Waals surface area (Å²) < 4.78 is 18.9. The highest BCUT2D eigenvalue weighted by Crippen LogP contribution is 2.44. The number of aryl methyl sites for hydroxylation is 2. The molecule has 0 spiro atoms. The van der Waals surface area contributed by atoms with Crippen LogP contribution < -0.4 is 5.32 Å². The van der Waals surface area contributed by atoms with E-state index in [0.29, 0.717) is 19.6 Å². The third-order valence-corrected chi connectivity index (χ3v) is 5.57. The zero-order valence-electron chi connectivity index (χ0n) is 17.7. The Morgan fingerprint density at radius 3 is 2.19 bits per heavy atom. The molecule has 0 aromatic heterocycles. The van der Waals surface area contributed by atoms with E-state index in [1.165, 1.54) is 34.4 Å². The molecular weight excluding hydrogens is 389 g/mol. The lowest BCUT2D eigenvalue weighted by atomic mass is 9.98. The van der Waals surface area contributed by atoms with Crippen LogP contribution in [0.1, 0.15) is 40.2 Å². The zero-order chi connectivity index (χ0) is 21.8. The van der Waals surface area contributed by atoms with Gasteiger partial charge in [-0.1, -0.05) is 60.4 Å². The number of halogens is 1. The van der Waals surface area contributed by atoms with Gasteiger partial charge in [0, 0.05) is 24.4 Å². The van der Waals surface area contributed by atoms with Gasteiger partial charge in [0.25, 0.3) is 0 Å². The van der Waals surface area contributed by atoms with Crippen molar-refractivity contribution in [1.82, 2.24) is 5.32 Å². The second-order valence-electron chi connectivity index (χ2n) is 7.72. The summed E-state index contributed by atoms with van der Waals surface area (Å²) in [5, 5.41) is 2.76.